The standard InChI is InChI=1S/C8H11NO3S/c1-7-3-2-4-8(5-7)13(11,12)9-6-10/h2-5,9-10H,6H2,1H3. The van der Waals surface area contributed by atoms with Crippen LogP contribution in [-0.2, 0) is 10.0 Å². The van der Waals surface area contributed by atoms with Crippen LogP contribution in [0.5, 0.6) is 0 Å². The molecule has 0 aliphatic heterocycles. The molecule has 0 saturated heterocycles. The van der Waals surface area contributed by atoms with E-state index in [1.807, 2.05) is 4.72 Å². The molecule has 0 saturated carbocycles. The van der Waals surface area contributed by atoms with Gasteiger partial charge in [0.15, 0.2) is 0 Å². The van der Waals surface area contributed by atoms with Crippen LogP contribution in [0.3, 0.4) is 0 Å². The van der Waals surface area contributed by atoms with Gasteiger partial charge in [-0.2, -0.15) is 4.72 Å². The lowest BCUT2D eigenvalue weighted by molar-refractivity contribution is 0.288. The summed E-state index contributed by atoms with van der Waals surface area (Å²) < 4.78 is 24.6. The maximum absolute atomic E-state index is 11.3. The van der Waals surface area contributed by atoms with E-state index < -0.39 is 16.8 Å². The monoisotopic (exact) mass is 201 g/mol. The maximum Gasteiger partial charge on any atom is 0.242 e. The van der Waals surface area contributed by atoms with Crippen molar-refractivity contribution in [3.05, 3.63) is 29.8 Å². The highest BCUT2D eigenvalue weighted by molar-refractivity contribution is 7.89. The van der Waals surface area contributed by atoms with Gasteiger partial charge in [0.2, 0.25) is 10.0 Å². The molecular weight excluding hydrogens is 190 g/mol. The second kappa shape index (κ2) is 3.87. The summed E-state index contributed by atoms with van der Waals surface area (Å²) in [6.07, 6.45) is 0. The highest BCUT2D eigenvalue weighted by atomic mass is 32.2. The lowest BCUT2D eigenvalue weighted by atomic mass is 10.2. The molecule has 2 N–H and O–H groups in total. The fourth-order valence-corrected chi connectivity index (χ4v) is 1.89. The smallest absolute Gasteiger partial charge is 0.242 e. The zero-order valence-electron chi connectivity index (χ0n) is 7.19. The molecule has 1 aromatic carbocycles. The van der Waals surface area contributed by atoms with Crippen molar-refractivity contribution in [1.29, 1.82) is 0 Å². The summed E-state index contributed by atoms with van der Waals surface area (Å²) in [7, 11) is -3.53. The van der Waals surface area contributed by atoms with Gasteiger partial charge in [0, 0.05) is 0 Å². The van der Waals surface area contributed by atoms with Gasteiger partial charge in [-0.1, -0.05) is 12.1 Å². The Bertz CT molecular complexity index is 386. The van der Waals surface area contributed by atoms with E-state index in [1.165, 1.54) is 12.1 Å². The Kier molecular flexibility index (Phi) is 3.02. The summed E-state index contributed by atoms with van der Waals surface area (Å²) >= 11 is 0. The van der Waals surface area contributed by atoms with Gasteiger partial charge < -0.3 is 5.11 Å². The van der Waals surface area contributed by atoms with Crippen molar-refractivity contribution in [2.75, 3.05) is 6.73 Å². The molecule has 0 heterocycles. The molecule has 0 bridgehead atoms. The Morgan fingerprint density at radius 2 is 2.15 bits per heavy atom. The summed E-state index contributed by atoms with van der Waals surface area (Å²) in [6, 6.07) is 6.47. The minimum atomic E-state index is -3.53. The quantitative estimate of drug-likeness (QED) is 0.688. The van der Waals surface area contributed by atoms with Gasteiger partial charge in [-0.15, -0.1) is 0 Å². The molecule has 0 radical (unpaired) electrons. The Labute approximate surface area is 77.3 Å². The molecule has 1 rings (SSSR count). The van der Waals surface area contributed by atoms with Crippen molar-refractivity contribution >= 4 is 10.0 Å². The minimum absolute atomic E-state index is 0.168. The third-order valence-corrected chi connectivity index (χ3v) is 2.94. The fraction of sp³-hybridized carbons (Fsp3) is 0.250. The van der Waals surface area contributed by atoms with Gasteiger partial charge in [-0.05, 0) is 24.6 Å². The SMILES string of the molecule is Cc1cccc(S(=O)(=O)NCO)c1. The second-order valence-electron chi connectivity index (χ2n) is 2.62. The first kappa shape index (κ1) is 10.2. The molecule has 0 aliphatic rings. The van der Waals surface area contributed by atoms with Gasteiger partial charge in [0.25, 0.3) is 0 Å². The Balaban J connectivity index is 3.08. The van der Waals surface area contributed by atoms with Crippen LogP contribution in [-0.4, -0.2) is 20.3 Å². The molecule has 0 fully saturated rings. The average molecular weight is 201 g/mol. The molecule has 72 valence electrons. The van der Waals surface area contributed by atoms with E-state index in [0.29, 0.717) is 0 Å². The van der Waals surface area contributed by atoms with Gasteiger partial charge in [0.1, 0.15) is 6.73 Å². The van der Waals surface area contributed by atoms with Crippen molar-refractivity contribution in [2.45, 2.75) is 11.8 Å². The van der Waals surface area contributed by atoms with E-state index in [-0.39, 0.29) is 4.90 Å². The van der Waals surface area contributed by atoms with Gasteiger partial charge in [-0.3, -0.25) is 0 Å². The van der Waals surface area contributed by atoms with Crippen LogP contribution < -0.4 is 4.72 Å². The topological polar surface area (TPSA) is 66.4 Å². The molecule has 0 atom stereocenters. The summed E-state index contributed by atoms with van der Waals surface area (Å²) in [5, 5.41) is 8.44. The number of aliphatic hydroxyl groups excluding tert-OH is 1. The summed E-state index contributed by atoms with van der Waals surface area (Å²) in [6.45, 7) is 1.22. The van der Waals surface area contributed by atoms with E-state index >= 15 is 0 Å². The predicted molar refractivity (Wildman–Crippen MR) is 48.6 cm³/mol. The summed E-state index contributed by atoms with van der Waals surface area (Å²) in [5.41, 5.74) is 0.862. The molecule has 4 nitrogen and oxygen atoms in total. The molecule has 5 heteroatoms. The lowest BCUT2D eigenvalue weighted by Crippen LogP contribution is -2.24. The molecule has 13 heavy (non-hydrogen) atoms. The average Bonchev–Trinajstić information content (AvgIpc) is 2.04. The highest BCUT2D eigenvalue weighted by Gasteiger charge is 2.11. The zero-order chi connectivity index (χ0) is 9.90. The van der Waals surface area contributed by atoms with Crippen molar-refractivity contribution in [3.8, 4) is 0 Å². The predicted octanol–water partition coefficient (Wildman–Crippen LogP) is 0.223. The molecule has 0 unspecified atom stereocenters. The van der Waals surface area contributed by atoms with Gasteiger partial charge in [-0.25, -0.2) is 8.42 Å². The maximum atomic E-state index is 11.3. The minimum Gasteiger partial charge on any atom is -0.380 e. The largest absolute Gasteiger partial charge is 0.380 e. The Hall–Kier alpha value is -0.910. The van der Waals surface area contributed by atoms with Gasteiger partial charge >= 0.3 is 0 Å². The van der Waals surface area contributed by atoms with Crippen LogP contribution in [0.4, 0.5) is 0 Å². The van der Waals surface area contributed by atoms with Crippen LogP contribution in [0.2, 0.25) is 0 Å². The first-order chi connectivity index (χ1) is 6.06. The number of aliphatic hydroxyl groups is 1. The number of hydrogen-bond donors (Lipinski definition) is 2. The molecule has 0 aromatic heterocycles. The normalized spacial score (nSPS) is 11.5. The van der Waals surface area contributed by atoms with Crippen molar-refractivity contribution < 1.29 is 13.5 Å². The van der Waals surface area contributed by atoms with Crippen LogP contribution in [0.25, 0.3) is 0 Å². The van der Waals surface area contributed by atoms with Crippen molar-refractivity contribution in [3.63, 3.8) is 0 Å². The van der Waals surface area contributed by atoms with E-state index in [4.69, 9.17) is 5.11 Å². The van der Waals surface area contributed by atoms with Crippen LogP contribution >= 0.6 is 0 Å². The molecular formula is C8H11NO3S. The molecule has 0 amide bonds. The lowest BCUT2D eigenvalue weighted by Gasteiger charge is -2.03. The first-order valence-electron chi connectivity index (χ1n) is 3.73. The second-order valence-corrected chi connectivity index (χ2v) is 4.39. The van der Waals surface area contributed by atoms with E-state index in [2.05, 4.69) is 0 Å². The third kappa shape index (κ3) is 2.51. The Morgan fingerprint density at radius 3 is 2.69 bits per heavy atom. The molecule has 1 aromatic rings. The zero-order valence-corrected chi connectivity index (χ0v) is 8.00. The first-order valence-corrected chi connectivity index (χ1v) is 5.22. The van der Waals surface area contributed by atoms with Crippen molar-refractivity contribution in [2.24, 2.45) is 0 Å². The third-order valence-electron chi connectivity index (χ3n) is 1.55. The highest BCUT2D eigenvalue weighted by Crippen LogP contribution is 2.09. The number of sulfonamides is 1. The molecule has 0 spiro atoms. The van der Waals surface area contributed by atoms with Crippen LogP contribution in [0.1, 0.15) is 5.56 Å². The summed E-state index contributed by atoms with van der Waals surface area (Å²) in [5.74, 6) is 0. The van der Waals surface area contributed by atoms with Crippen molar-refractivity contribution in [1.82, 2.24) is 4.72 Å². The Morgan fingerprint density at radius 1 is 1.46 bits per heavy atom. The van der Waals surface area contributed by atoms with Crippen LogP contribution in [0, 0.1) is 6.92 Å². The summed E-state index contributed by atoms with van der Waals surface area (Å²) in [4.78, 5) is 0.168. The number of nitrogens with one attached hydrogen (secondary N) is 1. The van der Waals surface area contributed by atoms with Gasteiger partial charge in [0.05, 0.1) is 4.90 Å². The molecule has 0 aliphatic carbocycles. The van der Waals surface area contributed by atoms with E-state index in [9.17, 15) is 8.42 Å². The number of aryl methyl sites for hydroxylation is 1. The van der Waals surface area contributed by atoms with E-state index in [1.54, 1.807) is 19.1 Å². The fourth-order valence-electron chi connectivity index (χ4n) is 0.951. The van der Waals surface area contributed by atoms with E-state index in [0.717, 1.165) is 5.56 Å². The van der Waals surface area contributed by atoms with Crippen LogP contribution in [0.15, 0.2) is 29.2 Å². The number of benzene rings is 1. The number of hydrogen-bond acceptors (Lipinski definition) is 3. The number of rotatable bonds is 3.